The lowest BCUT2D eigenvalue weighted by Gasteiger charge is -1.90. The fourth-order valence-electron chi connectivity index (χ4n) is 0.580. The first kappa shape index (κ1) is 5.95. The van der Waals surface area contributed by atoms with Crippen LogP contribution in [0.4, 0.5) is 0 Å². The molecule has 46 valence electrons. The average Bonchev–Trinajstić information content (AvgIpc) is 1.80. The number of rotatable bonds is 0. The summed E-state index contributed by atoms with van der Waals surface area (Å²) < 4.78 is 0. The second-order valence-electron chi connectivity index (χ2n) is 1.93. The molecule has 2 heteroatoms. The molecule has 0 amide bonds. The van der Waals surface area contributed by atoms with Gasteiger partial charge in [0.1, 0.15) is 0 Å². The highest BCUT2D eigenvalue weighted by atomic mass is 16.3. The maximum Gasteiger partial charge on any atom is 0.185 e. The molecule has 1 aromatic carbocycles. The number of hydrogen-bond acceptors (Lipinski definition) is 0. The van der Waals surface area contributed by atoms with Crippen molar-refractivity contribution >= 4 is 0 Å². The van der Waals surface area contributed by atoms with Crippen molar-refractivity contribution in [1.82, 2.24) is 0 Å². The highest BCUT2D eigenvalue weighted by Crippen LogP contribution is 2.21. The van der Waals surface area contributed by atoms with E-state index in [0.29, 0.717) is 5.56 Å². The van der Waals surface area contributed by atoms with Gasteiger partial charge >= 0.3 is 0 Å². The molecule has 2 radical (unpaired) electrons. The van der Waals surface area contributed by atoms with E-state index in [1.54, 1.807) is 6.92 Å². The van der Waals surface area contributed by atoms with Crippen LogP contribution in [0.15, 0.2) is 18.2 Å². The maximum atomic E-state index is 10.6. The van der Waals surface area contributed by atoms with Gasteiger partial charge in [0.2, 0.25) is 0 Å². The molecule has 0 saturated heterocycles. The lowest BCUT2D eigenvalue weighted by molar-refractivity contribution is 0.331. The third-order valence-corrected chi connectivity index (χ3v) is 1.16. The zero-order chi connectivity index (χ0) is 6.85. The van der Waals surface area contributed by atoms with Crippen molar-refractivity contribution in [1.29, 1.82) is 0 Å². The summed E-state index contributed by atoms with van der Waals surface area (Å²) in [5, 5.41) is 21.1. The van der Waals surface area contributed by atoms with Gasteiger partial charge in [-0.2, -0.15) is 0 Å². The lowest BCUT2D eigenvalue weighted by atomic mass is 10.2. The summed E-state index contributed by atoms with van der Waals surface area (Å²) in [5.74, 6) is -0.395. The van der Waals surface area contributed by atoms with Crippen molar-refractivity contribution in [3.63, 3.8) is 0 Å². The van der Waals surface area contributed by atoms with Crippen molar-refractivity contribution < 1.29 is 10.2 Å². The molecule has 0 spiro atoms. The van der Waals surface area contributed by atoms with Crippen LogP contribution in [-0.4, -0.2) is 0 Å². The van der Waals surface area contributed by atoms with Gasteiger partial charge in [-0.3, -0.25) is 10.2 Å². The molecule has 0 aliphatic carbocycles. The first-order chi connectivity index (χ1) is 4.20. The predicted molar refractivity (Wildman–Crippen MR) is 31.4 cm³/mol. The summed E-state index contributed by atoms with van der Waals surface area (Å²) in [6.45, 7) is 1.68. The molecule has 1 rings (SSSR count). The van der Waals surface area contributed by atoms with E-state index in [9.17, 15) is 10.2 Å². The highest BCUT2D eigenvalue weighted by molar-refractivity contribution is 5.37. The van der Waals surface area contributed by atoms with Crippen LogP contribution in [-0.2, 0) is 10.2 Å². The van der Waals surface area contributed by atoms with E-state index < -0.39 is 0 Å². The van der Waals surface area contributed by atoms with Gasteiger partial charge in [0.15, 0.2) is 11.5 Å². The Kier molecular flexibility index (Phi) is 1.30. The van der Waals surface area contributed by atoms with E-state index in [0.717, 1.165) is 6.07 Å². The Hall–Kier alpha value is -1.18. The summed E-state index contributed by atoms with van der Waals surface area (Å²) in [4.78, 5) is 0. The summed E-state index contributed by atoms with van der Waals surface area (Å²) in [6.07, 6.45) is 0. The van der Waals surface area contributed by atoms with Gasteiger partial charge in [-0.05, 0) is 18.6 Å². The molecule has 1 aromatic rings. The van der Waals surface area contributed by atoms with Gasteiger partial charge in [-0.15, -0.1) is 0 Å². The van der Waals surface area contributed by atoms with E-state index in [4.69, 9.17) is 0 Å². The largest absolute Gasteiger partial charge is 0.290 e. The normalized spacial score (nSPS) is 9.44. The fourth-order valence-corrected chi connectivity index (χ4v) is 0.580. The molecule has 0 unspecified atom stereocenters. The Labute approximate surface area is 53.4 Å². The van der Waals surface area contributed by atoms with Gasteiger partial charge in [0, 0.05) is 6.07 Å². The minimum Gasteiger partial charge on any atom is -0.290 e. The second kappa shape index (κ2) is 1.97. The van der Waals surface area contributed by atoms with E-state index in [1.807, 2.05) is 0 Å². The van der Waals surface area contributed by atoms with Crippen molar-refractivity contribution in [2.75, 3.05) is 0 Å². The average molecular weight is 122 g/mol. The van der Waals surface area contributed by atoms with Crippen LogP contribution < -0.4 is 0 Å². The molecule has 0 aromatic heterocycles. The maximum absolute atomic E-state index is 10.6. The van der Waals surface area contributed by atoms with Gasteiger partial charge in [-0.25, -0.2) is 0 Å². The Bertz CT molecular complexity index is 218. The highest BCUT2D eigenvalue weighted by Gasteiger charge is 1.97. The van der Waals surface area contributed by atoms with Gasteiger partial charge in [0.05, 0.1) is 0 Å². The first-order valence-electron chi connectivity index (χ1n) is 2.65. The van der Waals surface area contributed by atoms with E-state index in [1.165, 1.54) is 12.1 Å². The predicted octanol–water partition coefficient (Wildman–Crippen LogP) is 2.28. The number of aryl methyl sites for hydroxylation is 1. The molecule has 0 bridgehead atoms. The molecule has 0 aliphatic heterocycles. The summed E-state index contributed by atoms with van der Waals surface area (Å²) in [7, 11) is 0. The summed E-state index contributed by atoms with van der Waals surface area (Å²) in [5.41, 5.74) is 0.620. The Morgan fingerprint density at radius 1 is 1.22 bits per heavy atom. The molecule has 0 atom stereocenters. The van der Waals surface area contributed by atoms with E-state index >= 15 is 0 Å². The minimum atomic E-state index is -0.217. The van der Waals surface area contributed by atoms with Crippen LogP contribution in [0.5, 0.6) is 11.5 Å². The molecular formula is C7H6O2. The van der Waals surface area contributed by atoms with Crippen LogP contribution in [0.1, 0.15) is 5.56 Å². The third kappa shape index (κ3) is 1.13. The fraction of sp³-hybridized carbons (Fsp3) is 0.143. The summed E-state index contributed by atoms with van der Waals surface area (Å²) in [6, 6.07) is 4.01. The van der Waals surface area contributed by atoms with E-state index in [2.05, 4.69) is 0 Å². The monoisotopic (exact) mass is 122 g/mol. The zero-order valence-corrected chi connectivity index (χ0v) is 5.05. The van der Waals surface area contributed by atoms with Crippen LogP contribution in [0, 0.1) is 6.92 Å². The Morgan fingerprint density at radius 3 is 2.33 bits per heavy atom. The Balaban J connectivity index is 3.17. The Morgan fingerprint density at radius 2 is 1.89 bits per heavy atom. The molecule has 0 aliphatic rings. The van der Waals surface area contributed by atoms with Crippen LogP contribution in [0.25, 0.3) is 0 Å². The van der Waals surface area contributed by atoms with Crippen molar-refractivity contribution in [3.05, 3.63) is 23.8 Å². The lowest BCUT2D eigenvalue weighted by Crippen LogP contribution is -1.69. The second-order valence-corrected chi connectivity index (χ2v) is 1.93. The van der Waals surface area contributed by atoms with Crippen molar-refractivity contribution in [3.8, 4) is 11.5 Å². The van der Waals surface area contributed by atoms with E-state index in [-0.39, 0.29) is 11.5 Å². The van der Waals surface area contributed by atoms with Crippen molar-refractivity contribution in [2.45, 2.75) is 6.92 Å². The topological polar surface area (TPSA) is 39.8 Å². The van der Waals surface area contributed by atoms with Gasteiger partial charge < -0.3 is 0 Å². The molecule has 0 fully saturated rings. The number of benzene rings is 1. The molecule has 0 heterocycles. The first-order valence-corrected chi connectivity index (χ1v) is 2.65. The molecule has 2 nitrogen and oxygen atoms in total. The van der Waals surface area contributed by atoms with Crippen LogP contribution >= 0.6 is 0 Å². The quantitative estimate of drug-likeness (QED) is 0.506. The number of hydrogen-bond donors (Lipinski definition) is 0. The van der Waals surface area contributed by atoms with Crippen LogP contribution in [0.2, 0.25) is 0 Å². The summed E-state index contributed by atoms with van der Waals surface area (Å²) >= 11 is 0. The molecular weight excluding hydrogens is 116 g/mol. The molecule has 0 saturated carbocycles. The van der Waals surface area contributed by atoms with Gasteiger partial charge in [-0.1, -0.05) is 6.07 Å². The molecule has 9 heavy (non-hydrogen) atoms. The minimum absolute atomic E-state index is 0.178. The SMILES string of the molecule is Cc1ccc([O])cc1[O]. The smallest absolute Gasteiger partial charge is 0.185 e. The van der Waals surface area contributed by atoms with Crippen LogP contribution in [0.3, 0.4) is 0 Å². The van der Waals surface area contributed by atoms with Gasteiger partial charge in [0.25, 0.3) is 0 Å². The standard InChI is InChI=1S/C7H6O2/c1-5-2-3-6(8)4-7(5)9/h2-4H,1H3. The zero-order valence-electron chi connectivity index (χ0n) is 5.05. The molecule has 0 N–H and O–H groups in total. The van der Waals surface area contributed by atoms with Crippen molar-refractivity contribution in [2.24, 2.45) is 0 Å². The third-order valence-electron chi connectivity index (χ3n) is 1.16.